The van der Waals surface area contributed by atoms with Crippen molar-refractivity contribution in [1.29, 1.82) is 0 Å². The molecule has 0 radical (unpaired) electrons. The molecule has 116 valence electrons. The molecule has 3 aromatic heterocycles. The predicted octanol–water partition coefficient (Wildman–Crippen LogP) is 3.47. The van der Waals surface area contributed by atoms with Crippen molar-refractivity contribution in [3.05, 3.63) is 42.4 Å². The van der Waals surface area contributed by atoms with E-state index in [1.807, 2.05) is 0 Å². The Labute approximate surface area is 147 Å². The fourth-order valence-electron chi connectivity index (χ4n) is 2.52. The van der Waals surface area contributed by atoms with E-state index in [1.54, 1.807) is 12.3 Å². The van der Waals surface area contributed by atoms with Gasteiger partial charge in [-0.05, 0) is 24.7 Å². The summed E-state index contributed by atoms with van der Waals surface area (Å²) >= 11 is 0. The van der Waals surface area contributed by atoms with Crippen LogP contribution in [0.1, 0.15) is 43.9 Å². The molecule has 6 heteroatoms. The van der Waals surface area contributed by atoms with Crippen LogP contribution in [0.15, 0.2) is 31.0 Å². The number of aromatic amines is 1. The minimum absolute atomic E-state index is 0.431. The zero-order chi connectivity index (χ0) is 23.7. The molecule has 23 heavy (non-hydrogen) atoms. The second kappa shape index (κ2) is 5.84. The van der Waals surface area contributed by atoms with Gasteiger partial charge in [0, 0.05) is 35.7 Å². The first kappa shape index (κ1) is 7.26. The van der Waals surface area contributed by atoms with Crippen molar-refractivity contribution in [3.63, 3.8) is 0 Å². The number of nitrogens with zero attached hydrogens (tertiary/aromatic N) is 5. The predicted molar refractivity (Wildman–Crippen MR) is 87.6 cm³/mol. The van der Waals surface area contributed by atoms with Gasteiger partial charge in [0.05, 0.1) is 11.9 Å². The van der Waals surface area contributed by atoms with Crippen molar-refractivity contribution in [2.75, 3.05) is 6.54 Å². The molecule has 0 amide bonds. The fraction of sp³-hybridized carbons (Fsp3) is 0.412. The van der Waals surface area contributed by atoms with E-state index in [0.29, 0.717) is 22.3 Å². The summed E-state index contributed by atoms with van der Waals surface area (Å²) in [5.74, 6) is -3.02. The van der Waals surface area contributed by atoms with Gasteiger partial charge < -0.3 is 9.83 Å². The van der Waals surface area contributed by atoms with E-state index >= 15 is 0 Å². The zero-order valence-electron chi connectivity index (χ0n) is 20.9. The molecule has 1 atom stereocenters. The fourth-order valence-corrected chi connectivity index (χ4v) is 2.52. The summed E-state index contributed by atoms with van der Waals surface area (Å²) in [6.07, 6.45) is -7.55. The number of H-pyrrole nitrogens is 1. The lowest BCUT2D eigenvalue weighted by atomic mass is 9.98. The second-order valence-electron chi connectivity index (χ2n) is 4.94. The summed E-state index contributed by atoms with van der Waals surface area (Å²) in [6.45, 7) is 6.68. The Morgan fingerprint density at radius 1 is 1.48 bits per heavy atom. The summed E-state index contributed by atoms with van der Waals surface area (Å²) in [6, 6.07) is 0.108. The van der Waals surface area contributed by atoms with Gasteiger partial charge in [-0.2, -0.15) is 5.10 Å². The molecule has 1 N–H and O–H groups in total. The van der Waals surface area contributed by atoms with Crippen molar-refractivity contribution in [2.24, 2.45) is 5.89 Å². The summed E-state index contributed by atoms with van der Waals surface area (Å²) in [7, 11) is 0. The first-order chi connectivity index (χ1) is 14.8. The van der Waals surface area contributed by atoms with Gasteiger partial charge in [-0.15, -0.1) is 0 Å². The Hall–Kier alpha value is -2.68. The molecule has 0 aromatic carbocycles. The highest BCUT2D eigenvalue weighted by molar-refractivity contribution is 5.89. The summed E-state index contributed by atoms with van der Waals surface area (Å²) in [4.78, 5) is 14.5. The molecule has 0 bridgehead atoms. The molecule has 0 saturated heterocycles. The van der Waals surface area contributed by atoms with E-state index in [4.69, 9.17) is 18.9 Å². The van der Waals surface area contributed by atoms with E-state index < -0.39 is 44.0 Å². The monoisotopic (exact) mass is 315 g/mol. The molecule has 1 aliphatic rings. The van der Waals surface area contributed by atoms with Crippen molar-refractivity contribution in [1.82, 2.24) is 24.7 Å². The smallest absolute Gasteiger partial charge is 0.237 e. The topological polar surface area (TPSA) is 63.8 Å². The maximum Gasteiger partial charge on any atom is 0.237 e. The van der Waals surface area contributed by atoms with Gasteiger partial charge in [-0.1, -0.05) is 12.7 Å². The van der Waals surface area contributed by atoms with Crippen molar-refractivity contribution >= 4 is 11.0 Å². The molecule has 4 rings (SSSR count). The van der Waals surface area contributed by atoms with Crippen molar-refractivity contribution in [2.45, 2.75) is 31.5 Å². The Morgan fingerprint density at radius 2 is 2.35 bits per heavy atom. The van der Waals surface area contributed by atoms with Crippen LogP contribution in [0.25, 0.3) is 27.1 Å². The molecule has 1 fully saturated rings. The summed E-state index contributed by atoms with van der Waals surface area (Å²) in [5.41, 5.74) is 1.45. The average molecular weight is 315 g/mol. The highest BCUT2D eigenvalue weighted by Crippen LogP contribution is 2.35. The van der Waals surface area contributed by atoms with Crippen LogP contribution in [0.4, 0.5) is 0 Å². The second-order valence-corrected chi connectivity index (χ2v) is 4.94. The van der Waals surface area contributed by atoms with Crippen LogP contribution < -0.4 is 0 Å². The summed E-state index contributed by atoms with van der Waals surface area (Å²) < 4.78 is 75.3. The normalized spacial score (nSPS) is 32.6. The highest BCUT2D eigenvalue weighted by atomic mass is 15.3. The third-order valence-corrected chi connectivity index (χ3v) is 3.60. The molecule has 0 spiro atoms. The lowest BCUT2D eigenvalue weighted by molar-refractivity contribution is 0.329. The zero-order valence-corrected chi connectivity index (χ0v) is 11.9. The number of rotatable bonds is 4. The number of hydrogen-bond donors (Lipinski definition) is 1. The van der Waals surface area contributed by atoms with Crippen LogP contribution in [0.2, 0.25) is 0 Å². The molecular weight excluding hydrogens is 288 g/mol. The summed E-state index contributed by atoms with van der Waals surface area (Å²) in [5, 5.41) is 4.78. The first-order valence-corrected chi connectivity index (χ1v) is 6.91. The quantitative estimate of drug-likeness (QED) is 0.750. The Bertz CT molecular complexity index is 1200. The third-order valence-electron chi connectivity index (χ3n) is 3.60. The van der Waals surface area contributed by atoms with E-state index in [0.717, 1.165) is 4.68 Å². The van der Waals surface area contributed by atoms with E-state index in [9.17, 15) is 0 Å². The number of hydrogen-bond acceptors (Lipinski definition) is 3. The number of nitrogens with one attached hydrogen (secondary N) is 1. The molecule has 3 aromatic rings. The molecule has 0 unspecified atom stereocenters. The molecule has 3 heterocycles. The van der Waals surface area contributed by atoms with Crippen molar-refractivity contribution in [3.8, 4) is 11.3 Å². The van der Waals surface area contributed by atoms with Gasteiger partial charge in [0.2, 0.25) is 6.54 Å². The Kier molecular flexibility index (Phi) is 1.84. The average Bonchev–Trinajstić information content (AvgIpc) is 3.40. The SMILES string of the molecule is [2H]C1([2H])C([2H])([2H])C([2H])([2H])C([2H])([C@@H](C[N+]#[C-])n2cc(-c3ncnc4[nH]ccc34)cn2)C1([2H])[2H]. The van der Waals surface area contributed by atoms with Crippen LogP contribution in [-0.4, -0.2) is 31.3 Å². The molecule has 1 saturated carbocycles. The molecular formula is C17H18N6. The van der Waals surface area contributed by atoms with Gasteiger partial charge in [0.1, 0.15) is 18.0 Å². The Morgan fingerprint density at radius 3 is 3.17 bits per heavy atom. The number of fused-ring (bicyclic) bond motifs is 1. The largest absolute Gasteiger partial charge is 0.346 e. The lowest BCUT2D eigenvalue weighted by Gasteiger charge is -2.18. The van der Waals surface area contributed by atoms with Gasteiger partial charge in [-0.3, -0.25) is 4.68 Å². The first-order valence-electron chi connectivity index (χ1n) is 11.4. The van der Waals surface area contributed by atoms with Crippen LogP contribution in [-0.2, 0) is 0 Å². The molecule has 0 aliphatic heterocycles. The van der Waals surface area contributed by atoms with E-state index in [-0.39, 0.29) is 0 Å². The standard InChI is InChI=1S/C17H18N6/c1-18-9-15(12-4-2-3-5-12)23-10-13(8-22-23)16-14-6-7-19-17(14)21-11-20-16/h6-8,10-12,15H,2-5,9H2,(H,19,20,21)/t15-/m1/s1/i2D2,3D2,4D2,5D2,12D. The van der Waals surface area contributed by atoms with E-state index in [2.05, 4.69) is 24.9 Å². The van der Waals surface area contributed by atoms with Gasteiger partial charge in [0.25, 0.3) is 0 Å². The van der Waals surface area contributed by atoms with Crippen LogP contribution in [0.3, 0.4) is 0 Å². The maximum atomic E-state index is 8.85. The van der Waals surface area contributed by atoms with Crippen LogP contribution in [0.5, 0.6) is 0 Å². The van der Waals surface area contributed by atoms with E-state index in [1.165, 1.54) is 18.7 Å². The van der Waals surface area contributed by atoms with Crippen molar-refractivity contribution < 1.29 is 12.3 Å². The number of aromatic nitrogens is 5. The van der Waals surface area contributed by atoms with Gasteiger partial charge >= 0.3 is 0 Å². The highest BCUT2D eigenvalue weighted by Gasteiger charge is 2.29. The van der Waals surface area contributed by atoms with Gasteiger partial charge in [0.15, 0.2) is 0 Å². The minimum Gasteiger partial charge on any atom is -0.346 e. The van der Waals surface area contributed by atoms with Crippen LogP contribution >= 0.6 is 0 Å². The lowest BCUT2D eigenvalue weighted by Crippen LogP contribution is -2.20. The third kappa shape index (κ3) is 2.48. The van der Waals surface area contributed by atoms with Crippen LogP contribution in [0, 0.1) is 12.5 Å². The Balaban J connectivity index is 1.89. The molecule has 6 nitrogen and oxygen atoms in total. The molecule has 1 aliphatic carbocycles. The maximum absolute atomic E-state index is 8.85. The minimum atomic E-state index is -3.34. The van der Waals surface area contributed by atoms with Gasteiger partial charge in [-0.25, -0.2) is 16.5 Å².